The molecule has 0 amide bonds. The summed E-state index contributed by atoms with van der Waals surface area (Å²) < 4.78 is 25.5. The van der Waals surface area contributed by atoms with Gasteiger partial charge in [-0.2, -0.15) is 0 Å². The molecule has 1 aromatic heterocycles. The maximum Gasteiger partial charge on any atom is 0.231 e. The van der Waals surface area contributed by atoms with Crippen molar-refractivity contribution in [3.8, 4) is 11.3 Å². The minimum Gasteiger partial charge on any atom is -0.266 e. The number of anilines is 1. The van der Waals surface area contributed by atoms with Gasteiger partial charge in [0.2, 0.25) is 10.0 Å². The largest absolute Gasteiger partial charge is 0.266 e. The van der Waals surface area contributed by atoms with E-state index in [-0.39, 0.29) is 5.82 Å². The molecule has 5 nitrogen and oxygen atoms in total. The van der Waals surface area contributed by atoms with Crippen LogP contribution < -0.4 is 4.72 Å². The zero-order valence-electron chi connectivity index (χ0n) is 10.4. The molecule has 0 saturated carbocycles. The molecule has 2 aromatic rings. The van der Waals surface area contributed by atoms with Gasteiger partial charge >= 0.3 is 0 Å². The summed E-state index contributed by atoms with van der Waals surface area (Å²) in [6, 6.07) is 9.49. The lowest BCUT2D eigenvalue weighted by atomic mass is 10.1. The van der Waals surface area contributed by atoms with E-state index in [0.29, 0.717) is 16.0 Å². The lowest BCUT2D eigenvalue weighted by Crippen LogP contribution is -2.12. The fraction of sp³-hybridized carbons (Fsp3) is 0.167. The van der Waals surface area contributed by atoms with Crippen molar-refractivity contribution in [1.82, 2.24) is 9.97 Å². The third kappa shape index (κ3) is 3.51. The van der Waals surface area contributed by atoms with E-state index in [4.69, 9.17) is 0 Å². The average Bonchev–Trinajstić information content (AvgIpc) is 2.32. The number of rotatable bonds is 3. The van der Waals surface area contributed by atoms with E-state index in [1.165, 1.54) is 0 Å². The quantitative estimate of drug-likeness (QED) is 0.931. The Morgan fingerprint density at radius 2 is 1.79 bits per heavy atom. The van der Waals surface area contributed by atoms with Crippen LogP contribution >= 0.6 is 15.9 Å². The van der Waals surface area contributed by atoms with Crippen LogP contribution in [0.5, 0.6) is 0 Å². The number of hydrogen-bond acceptors (Lipinski definition) is 4. The molecule has 0 atom stereocenters. The smallest absolute Gasteiger partial charge is 0.231 e. The highest BCUT2D eigenvalue weighted by Gasteiger charge is 2.14. The van der Waals surface area contributed by atoms with Gasteiger partial charge in [-0.15, -0.1) is 0 Å². The standard InChI is InChI=1S/C12H12BrN3O2S/c1-8-14-11(9-6-4-3-5-7-9)10(13)12(15-8)16-19(2,17)18/h3-7H,1-2H3,(H,14,15,16). The Morgan fingerprint density at radius 1 is 1.16 bits per heavy atom. The van der Waals surface area contributed by atoms with Crippen molar-refractivity contribution in [3.63, 3.8) is 0 Å². The van der Waals surface area contributed by atoms with E-state index in [1.807, 2.05) is 30.3 Å². The summed E-state index contributed by atoms with van der Waals surface area (Å²) in [4.78, 5) is 8.44. The summed E-state index contributed by atoms with van der Waals surface area (Å²) >= 11 is 3.35. The maximum atomic E-state index is 11.3. The molecule has 0 radical (unpaired) electrons. The molecule has 0 saturated heterocycles. The summed E-state index contributed by atoms with van der Waals surface area (Å²) in [5.41, 5.74) is 1.54. The fourth-order valence-electron chi connectivity index (χ4n) is 1.59. The molecular formula is C12H12BrN3O2S. The van der Waals surface area contributed by atoms with E-state index >= 15 is 0 Å². The van der Waals surface area contributed by atoms with Gasteiger partial charge in [-0.3, -0.25) is 4.72 Å². The van der Waals surface area contributed by atoms with Gasteiger partial charge in [-0.25, -0.2) is 18.4 Å². The average molecular weight is 342 g/mol. The molecule has 0 aliphatic carbocycles. The first-order chi connectivity index (χ1) is 8.87. The van der Waals surface area contributed by atoms with Crippen molar-refractivity contribution in [2.75, 3.05) is 11.0 Å². The van der Waals surface area contributed by atoms with Crippen LogP contribution in [0.1, 0.15) is 5.82 Å². The summed E-state index contributed by atoms with van der Waals surface area (Å²) in [6.07, 6.45) is 1.08. The lowest BCUT2D eigenvalue weighted by molar-refractivity contribution is 0.606. The van der Waals surface area contributed by atoms with Gasteiger partial charge < -0.3 is 0 Å². The first-order valence-corrected chi connectivity index (χ1v) is 8.12. The van der Waals surface area contributed by atoms with Crippen molar-refractivity contribution in [1.29, 1.82) is 0 Å². The summed E-state index contributed by atoms with van der Waals surface area (Å²) in [5, 5.41) is 0. The van der Waals surface area contributed by atoms with Gasteiger partial charge in [0.05, 0.1) is 16.4 Å². The normalized spacial score (nSPS) is 11.3. The van der Waals surface area contributed by atoms with Crippen LogP contribution in [0.25, 0.3) is 11.3 Å². The number of hydrogen-bond donors (Lipinski definition) is 1. The minimum atomic E-state index is -3.39. The number of nitrogens with zero attached hydrogens (tertiary/aromatic N) is 2. The van der Waals surface area contributed by atoms with Crippen molar-refractivity contribution < 1.29 is 8.42 Å². The van der Waals surface area contributed by atoms with Crippen LogP contribution in [0, 0.1) is 6.92 Å². The predicted octanol–water partition coefficient (Wildman–Crippen LogP) is 2.59. The third-order valence-electron chi connectivity index (χ3n) is 2.29. The van der Waals surface area contributed by atoms with E-state index in [0.717, 1.165) is 11.8 Å². The lowest BCUT2D eigenvalue weighted by Gasteiger charge is -2.10. The van der Waals surface area contributed by atoms with Gasteiger partial charge in [0.1, 0.15) is 5.82 Å². The predicted molar refractivity (Wildman–Crippen MR) is 78.4 cm³/mol. The second-order valence-electron chi connectivity index (χ2n) is 4.02. The second kappa shape index (κ2) is 5.26. The number of nitrogens with one attached hydrogen (secondary N) is 1. The topological polar surface area (TPSA) is 72.0 Å². The zero-order valence-corrected chi connectivity index (χ0v) is 12.8. The Morgan fingerprint density at radius 3 is 2.37 bits per heavy atom. The Labute approximate surface area is 120 Å². The highest BCUT2D eigenvalue weighted by Crippen LogP contribution is 2.31. The highest BCUT2D eigenvalue weighted by atomic mass is 79.9. The highest BCUT2D eigenvalue weighted by molar-refractivity contribution is 9.10. The Balaban J connectivity index is 2.58. The SMILES string of the molecule is Cc1nc(NS(C)(=O)=O)c(Br)c(-c2ccccc2)n1. The van der Waals surface area contributed by atoms with E-state index in [1.54, 1.807) is 6.92 Å². The van der Waals surface area contributed by atoms with Crippen molar-refractivity contribution in [2.45, 2.75) is 6.92 Å². The van der Waals surface area contributed by atoms with Crippen molar-refractivity contribution >= 4 is 31.8 Å². The third-order valence-corrected chi connectivity index (χ3v) is 3.61. The van der Waals surface area contributed by atoms with Crippen LogP contribution in [0.4, 0.5) is 5.82 Å². The second-order valence-corrected chi connectivity index (χ2v) is 6.56. The molecule has 0 aliphatic heterocycles. The minimum absolute atomic E-state index is 0.244. The monoisotopic (exact) mass is 341 g/mol. The molecule has 7 heteroatoms. The number of benzene rings is 1. The molecule has 1 N–H and O–H groups in total. The number of sulfonamides is 1. The fourth-order valence-corrected chi connectivity index (χ4v) is 2.72. The van der Waals surface area contributed by atoms with E-state index < -0.39 is 10.0 Å². The molecule has 1 aromatic carbocycles. The molecule has 2 rings (SSSR count). The van der Waals surface area contributed by atoms with Crippen LogP contribution in [0.3, 0.4) is 0 Å². The van der Waals surface area contributed by atoms with E-state index in [9.17, 15) is 8.42 Å². The van der Waals surface area contributed by atoms with Crippen molar-refractivity contribution in [2.24, 2.45) is 0 Å². The Hall–Kier alpha value is -1.47. The maximum absolute atomic E-state index is 11.3. The molecule has 0 unspecified atom stereocenters. The van der Waals surface area contributed by atoms with Gasteiger partial charge in [0.15, 0.2) is 5.82 Å². The number of aromatic nitrogens is 2. The first-order valence-electron chi connectivity index (χ1n) is 5.44. The Kier molecular flexibility index (Phi) is 3.86. The van der Waals surface area contributed by atoms with Gasteiger partial charge in [0.25, 0.3) is 0 Å². The van der Waals surface area contributed by atoms with Crippen LogP contribution in [-0.2, 0) is 10.0 Å². The number of aryl methyl sites for hydroxylation is 1. The Bertz CT molecular complexity index is 702. The summed E-state index contributed by atoms with van der Waals surface area (Å²) in [7, 11) is -3.39. The summed E-state index contributed by atoms with van der Waals surface area (Å²) in [6.45, 7) is 1.71. The van der Waals surface area contributed by atoms with Gasteiger partial charge in [-0.05, 0) is 22.9 Å². The van der Waals surface area contributed by atoms with Gasteiger partial charge in [0, 0.05) is 5.56 Å². The molecule has 100 valence electrons. The van der Waals surface area contributed by atoms with Crippen LogP contribution in [0.15, 0.2) is 34.8 Å². The summed E-state index contributed by atoms with van der Waals surface area (Å²) in [5.74, 6) is 0.738. The molecule has 0 bridgehead atoms. The first kappa shape index (κ1) is 14.0. The molecular weight excluding hydrogens is 330 g/mol. The number of halogens is 1. The van der Waals surface area contributed by atoms with Crippen molar-refractivity contribution in [3.05, 3.63) is 40.6 Å². The molecule has 0 aliphatic rings. The molecule has 0 fully saturated rings. The van der Waals surface area contributed by atoms with Crippen LogP contribution in [-0.4, -0.2) is 24.6 Å². The molecule has 1 heterocycles. The van der Waals surface area contributed by atoms with Gasteiger partial charge in [-0.1, -0.05) is 30.3 Å². The molecule has 19 heavy (non-hydrogen) atoms. The molecule has 0 spiro atoms. The zero-order chi connectivity index (χ0) is 14.0. The van der Waals surface area contributed by atoms with Crippen LogP contribution in [0.2, 0.25) is 0 Å². The van der Waals surface area contributed by atoms with E-state index in [2.05, 4.69) is 30.6 Å².